The second-order valence-corrected chi connectivity index (χ2v) is 7.85. The summed E-state index contributed by atoms with van der Waals surface area (Å²) < 4.78 is 0. The number of rotatable bonds is 3. The Morgan fingerprint density at radius 3 is 2.20 bits per heavy atom. The van der Waals surface area contributed by atoms with Crippen molar-refractivity contribution in [3.05, 3.63) is 12.7 Å². The fourth-order valence-corrected chi connectivity index (χ4v) is 4.18. The Hall–Kier alpha value is -0.810. The molecule has 0 aromatic rings. The summed E-state index contributed by atoms with van der Waals surface area (Å²) in [6.07, 6.45) is 9.34. The lowest BCUT2D eigenvalue weighted by Crippen LogP contribution is -2.47. The maximum atomic E-state index is 9.72. The van der Waals surface area contributed by atoms with Crippen LogP contribution in [0.4, 0.5) is 0 Å². The monoisotopic (exact) mass is 274 g/mol. The number of hydrogen-bond acceptors (Lipinski definition) is 2. The first kappa shape index (κ1) is 15.6. The fourth-order valence-electron chi connectivity index (χ4n) is 4.18. The molecule has 1 saturated carbocycles. The molecule has 2 rings (SSSR count). The van der Waals surface area contributed by atoms with Gasteiger partial charge in [0, 0.05) is 5.41 Å². The van der Waals surface area contributed by atoms with Gasteiger partial charge in [0.15, 0.2) is 0 Å². The van der Waals surface area contributed by atoms with Crippen molar-refractivity contribution >= 4 is 0 Å². The molecule has 1 unspecified atom stereocenters. The van der Waals surface area contributed by atoms with Crippen LogP contribution in [0.2, 0.25) is 0 Å². The van der Waals surface area contributed by atoms with Gasteiger partial charge in [-0.25, -0.2) is 0 Å². The molecule has 0 bridgehead atoms. The molecule has 1 saturated heterocycles. The summed E-state index contributed by atoms with van der Waals surface area (Å²) in [6, 6.07) is 2.66. The molecule has 0 N–H and O–H groups in total. The van der Waals surface area contributed by atoms with Gasteiger partial charge in [-0.3, -0.25) is 4.90 Å². The average molecular weight is 274 g/mol. The third-order valence-corrected chi connectivity index (χ3v) is 5.72. The molecule has 1 heterocycles. The Kier molecular flexibility index (Phi) is 4.59. The largest absolute Gasteiger partial charge is 0.287 e. The zero-order chi connectivity index (χ0) is 14.8. The summed E-state index contributed by atoms with van der Waals surface area (Å²) in [5.74, 6) is 0.786. The van der Waals surface area contributed by atoms with Crippen LogP contribution in [-0.2, 0) is 0 Å². The third kappa shape index (κ3) is 2.93. The van der Waals surface area contributed by atoms with Crippen LogP contribution >= 0.6 is 0 Å². The first-order chi connectivity index (χ1) is 9.43. The molecule has 1 aliphatic heterocycles. The van der Waals surface area contributed by atoms with Crippen LogP contribution in [0.1, 0.15) is 59.3 Å². The van der Waals surface area contributed by atoms with E-state index in [1.807, 2.05) is 0 Å². The van der Waals surface area contributed by atoms with Crippen LogP contribution in [0.3, 0.4) is 0 Å². The van der Waals surface area contributed by atoms with E-state index >= 15 is 0 Å². The maximum absolute atomic E-state index is 9.72. The van der Waals surface area contributed by atoms with Gasteiger partial charge >= 0.3 is 0 Å². The molecule has 1 aliphatic carbocycles. The standard InChI is InChI=1S/C18H30N2/c1-5-18(16(14-19)20-12-6-7-13-20)10-8-15(9-11-18)17(2,3)4/h5,15-16H,1,6-13H2,2-4H3. The highest BCUT2D eigenvalue weighted by atomic mass is 15.2. The number of nitrogens with zero attached hydrogens (tertiary/aromatic N) is 2. The second-order valence-electron chi connectivity index (χ2n) is 7.85. The van der Waals surface area contributed by atoms with Gasteiger partial charge in [0.25, 0.3) is 0 Å². The maximum Gasteiger partial charge on any atom is 0.107 e. The SMILES string of the molecule is C=CC1(C(C#N)N2CCCC2)CCC(C(C)(C)C)CC1. The van der Waals surface area contributed by atoms with E-state index in [4.69, 9.17) is 0 Å². The minimum Gasteiger partial charge on any atom is -0.287 e. The molecule has 0 aromatic carbocycles. The third-order valence-electron chi connectivity index (χ3n) is 5.72. The zero-order valence-corrected chi connectivity index (χ0v) is 13.5. The highest BCUT2D eigenvalue weighted by Crippen LogP contribution is 2.49. The van der Waals surface area contributed by atoms with Gasteiger partial charge in [0.1, 0.15) is 6.04 Å². The summed E-state index contributed by atoms with van der Waals surface area (Å²) in [7, 11) is 0. The van der Waals surface area contributed by atoms with Crippen molar-refractivity contribution in [2.75, 3.05) is 13.1 Å². The van der Waals surface area contributed by atoms with E-state index in [0.717, 1.165) is 31.8 Å². The Balaban J connectivity index is 2.11. The van der Waals surface area contributed by atoms with Gasteiger partial charge in [-0.1, -0.05) is 26.8 Å². The van der Waals surface area contributed by atoms with E-state index < -0.39 is 0 Å². The van der Waals surface area contributed by atoms with Crippen LogP contribution in [0.25, 0.3) is 0 Å². The molecule has 112 valence electrons. The van der Waals surface area contributed by atoms with Gasteiger partial charge in [-0.05, 0) is 62.9 Å². The van der Waals surface area contributed by atoms with E-state index in [9.17, 15) is 5.26 Å². The molecule has 2 fully saturated rings. The van der Waals surface area contributed by atoms with Gasteiger partial charge in [-0.15, -0.1) is 6.58 Å². The average Bonchev–Trinajstić information content (AvgIpc) is 2.93. The van der Waals surface area contributed by atoms with Crippen molar-refractivity contribution in [2.24, 2.45) is 16.7 Å². The van der Waals surface area contributed by atoms with E-state index in [1.165, 1.54) is 25.7 Å². The Bertz CT molecular complexity index is 371. The molecule has 0 amide bonds. The Morgan fingerprint density at radius 2 is 1.80 bits per heavy atom. The summed E-state index contributed by atoms with van der Waals surface area (Å²) in [5.41, 5.74) is 0.421. The summed E-state index contributed by atoms with van der Waals surface area (Å²) in [6.45, 7) is 13.3. The molecule has 0 spiro atoms. The van der Waals surface area contributed by atoms with Gasteiger partial charge in [-0.2, -0.15) is 5.26 Å². The van der Waals surface area contributed by atoms with Crippen LogP contribution < -0.4 is 0 Å². The molecular formula is C18H30N2. The van der Waals surface area contributed by atoms with E-state index in [-0.39, 0.29) is 11.5 Å². The van der Waals surface area contributed by atoms with Crippen LogP contribution in [-0.4, -0.2) is 24.0 Å². The Labute approximate surface area is 124 Å². The van der Waals surface area contributed by atoms with E-state index in [0.29, 0.717) is 5.41 Å². The van der Waals surface area contributed by atoms with Crippen LogP contribution in [0.5, 0.6) is 0 Å². The smallest absolute Gasteiger partial charge is 0.107 e. The first-order valence-electron chi connectivity index (χ1n) is 8.20. The molecule has 1 atom stereocenters. The number of nitriles is 1. The molecule has 2 aliphatic rings. The van der Waals surface area contributed by atoms with E-state index in [2.05, 4.69) is 44.4 Å². The van der Waals surface area contributed by atoms with Crippen molar-refractivity contribution in [2.45, 2.75) is 65.3 Å². The lowest BCUT2D eigenvalue weighted by molar-refractivity contribution is 0.0663. The molecule has 20 heavy (non-hydrogen) atoms. The van der Waals surface area contributed by atoms with Crippen molar-refractivity contribution in [1.29, 1.82) is 5.26 Å². The van der Waals surface area contributed by atoms with Crippen molar-refractivity contribution < 1.29 is 0 Å². The quantitative estimate of drug-likeness (QED) is 0.714. The summed E-state index contributed by atoms with van der Waals surface area (Å²) >= 11 is 0. The summed E-state index contributed by atoms with van der Waals surface area (Å²) in [4.78, 5) is 2.40. The van der Waals surface area contributed by atoms with Crippen molar-refractivity contribution in [1.82, 2.24) is 4.90 Å². The fraction of sp³-hybridized carbons (Fsp3) is 0.833. The van der Waals surface area contributed by atoms with Gasteiger partial charge < -0.3 is 0 Å². The zero-order valence-electron chi connectivity index (χ0n) is 13.5. The lowest BCUT2D eigenvalue weighted by atomic mass is 9.61. The minimum absolute atomic E-state index is 0.0286. The molecule has 0 aromatic heterocycles. The molecule has 2 nitrogen and oxygen atoms in total. The molecule has 2 heteroatoms. The highest BCUT2D eigenvalue weighted by Gasteiger charge is 2.44. The molecule has 0 radical (unpaired) electrons. The van der Waals surface area contributed by atoms with Gasteiger partial charge in [0.05, 0.1) is 6.07 Å². The predicted octanol–water partition coefficient (Wildman–Crippen LogP) is 4.38. The number of likely N-dealkylation sites (tertiary alicyclic amines) is 1. The van der Waals surface area contributed by atoms with Crippen LogP contribution in [0, 0.1) is 28.1 Å². The highest BCUT2D eigenvalue weighted by molar-refractivity contribution is 5.14. The summed E-state index contributed by atoms with van der Waals surface area (Å²) in [5, 5.41) is 9.72. The lowest BCUT2D eigenvalue weighted by Gasteiger charge is -2.46. The number of hydrogen-bond donors (Lipinski definition) is 0. The second kappa shape index (κ2) is 5.90. The van der Waals surface area contributed by atoms with E-state index in [1.54, 1.807) is 0 Å². The predicted molar refractivity (Wildman–Crippen MR) is 84.3 cm³/mol. The van der Waals surface area contributed by atoms with Crippen molar-refractivity contribution in [3.63, 3.8) is 0 Å². The normalized spacial score (nSPS) is 33.6. The topological polar surface area (TPSA) is 27.0 Å². The molecular weight excluding hydrogens is 244 g/mol. The van der Waals surface area contributed by atoms with Crippen molar-refractivity contribution in [3.8, 4) is 6.07 Å². The first-order valence-corrected chi connectivity index (χ1v) is 8.20. The minimum atomic E-state index is 0.0286. The van der Waals surface area contributed by atoms with Crippen LogP contribution in [0.15, 0.2) is 12.7 Å². The Morgan fingerprint density at radius 1 is 1.25 bits per heavy atom. The van der Waals surface area contributed by atoms with Gasteiger partial charge in [0.2, 0.25) is 0 Å².